The summed E-state index contributed by atoms with van der Waals surface area (Å²) in [4.78, 5) is 24.3. The second-order valence-electron chi connectivity index (χ2n) is 5.84. The lowest BCUT2D eigenvalue weighted by Gasteiger charge is -2.04. The van der Waals surface area contributed by atoms with Gasteiger partial charge in [0.25, 0.3) is 5.91 Å². The minimum atomic E-state index is -0.277. The molecule has 9 heteroatoms. The fourth-order valence-corrected chi connectivity index (χ4v) is 3.91. The van der Waals surface area contributed by atoms with Crippen LogP contribution in [0.5, 0.6) is 5.75 Å². The van der Waals surface area contributed by atoms with Crippen molar-refractivity contribution in [2.24, 2.45) is 0 Å². The van der Waals surface area contributed by atoms with Crippen molar-refractivity contribution >= 4 is 40.0 Å². The van der Waals surface area contributed by atoms with Crippen LogP contribution in [-0.2, 0) is 11.3 Å². The van der Waals surface area contributed by atoms with Crippen molar-refractivity contribution in [3.63, 3.8) is 0 Å². The summed E-state index contributed by atoms with van der Waals surface area (Å²) in [6.07, 6.45) is 0. The molecule has 2 aromatic carbocycles. The summed E-state index contributed by atoms with van der Waals surface area (Å²) in [7, 11) is 0. The third-order valence-corrected chi connectivity index (χ3v) is 5.69. The van der Waals surface area contributed by atoms with Crippen molar-refractivity contribution in [2.75, 3.05) is 17.7 Å². The maximum atomic E-state index is 12.3. The number of aromatic nitrogens is 2. The van der Waals surface area contributed by atoms with Gasteiger partial charge in [-0.3, -0.25) is 14.9 Å². The summed E-state index contributed by atoms with van der Waals surface area (Å²) < 4.78 is 5.98. The molecule has 3 aromatic rings. The van der Waals surface area contributed by atoms with E-state index in [1.165, 1.54) is 23.1 Å². The first-order valence-electron chi connectivity index (χ1n) is 8.95. The van der Waals surface area contributed by atoms with E-state index in [1.807, 2.05) is 37.3 Å². The van der Waals surface area contributed by atoms with Crippen LogP contribution in [0.15, 0.2) is 58.9 Å². The Labute approximate surface area is 176 Å². The number of benzene rings is 2. The molecular weight excluding hydrogens is 408 g/mol. The predicted octanol–water partition coefficient (Wildman–Crippen LogP) is 3.60. The number of carbonyl (C=O) groups is 2. The van der Waals surface area contributed by atoms with Gasteiger partial charge in [0.15, 0.2) is 4.34 Å². The third-order valence-electron chi connectivity index (χ3n) is 3.71. The van der Waals surface area contributed by atoms with Gasteiger partial charge in [0, 0.05) is 12.1 Å². The van der Waals surface area contributed by atoms with Crippen LogP contribution in [-0.4, -0.2) is 34.4 Å². The number of amides is 2. The number of ether oxygens (including phenoxy) is 1. The molecular formula is C20H20N4O3S2. The van der Waals surface area contributed by atoms with Crippen LogP contribution >= 0.6 is 23.1 Å². The Kier molecular flexibility index (Phi) is 7.60. The van der Waals surface area contributed by atoms with Crippen molar-refractivity contribution in [1.82, 2.24) is 15.5 Å². The monoisotopic (exact) mass is 428 g/mol. The number of hydrogen-bond acceptors (Lipinski definition) is 7. The summed E-state index contributed by atoms with van der Waals surface area (Å²) >= 11 is 2.51. The zero-order valence-electron chi connectivity index (χ0n) is 15.8. The Balaban J connectivity index is 1.45. The van der Waals surface area contributed by atoms with Crippen LogP contribution < -0.4 is 15.4 Å². The van der Waals surface area contributed by atoms with Gasteiger partial charge in [0.05, 0.1) is 12.4 Å². The van der Waals surface area contributed by atoms with Gasteiger partial charge in [-0.15, -0.1) is 10.2 Å². The molecule has 0 unspecified atom stereocenters. The van der Waals surface area contributed by atoms with Crippen molar-refractivity contribution in [3.8, 4) is 5.75 Å². The second-order valence-corrected chi connectivity index (χ2v) is 8.04. The number of rotatable bonds is 9. The molecule has 29 heavy (non-hydrogen) atoms. The Morgan fingerprint density at radius 3 is 2.55 bits per heavy atom. The maximum Gasteiger partial charge on any atom is 0.257 e. The Hall–Kier alpha value is -2.91. The molecule has 1 aromatic heterocycles. The van der Waals surface area contributed by atoms with E-state index in [0.717, 1.165) is 5.56 Å². The van der Waals surface area contributed by atoms with Gasteiger partial charge in [-0.25, -0.2) is 0 Å². The number of thioether (sulfide) groups is 1. The van der Waals surface area contributed by atoms with E-state index in [2.05, 4.69) is 20.8 Å². The van der Waals surface area contributed by atoms with E-state index in [9.17, 15) is 9.59 Å². The topological polar surface area (TPSA) is 93.2 Å². The molecule has 0 aliphatic heterocycles. The van der Waals surface area contributed by atoms with Crippen molar-refractivity contribution < 1.29 is 14.3 Å². The predicted molar refractivity (Wildman–Crippen MR) is 114 cm³/mol. The molecule has 0 fully saturated rings. The molecule has 0 aliphatic rings. The number of nitrogens with zero attached hydrogens (tertiary/aromatic N) is 2. The highest BCUT2D eigenvalue weighted by Crippen LogP contribution is 2.25. The molecule has 150 valence electrons. The summed E-state index contributed by atoms with van der Waals surface area (Å²) in [5, 5.41) is 13.9. The van der Waals surface area contributed by atoms with Crippen LogP contribution in [0.3, 0.4) is 0 Å². The maximum absolute atomic E-state index is 12.3. The lowest BCUT2D eigenvalue weighted by molar-refractivity contribution is -0.118. The molecule has 0 radical (unpaired) electrons. The first kappa shape index (κ1) is 20.8. The number of carbonyl (C=O) groups excluding carboxylic acids is 2. The van der Waals surface area contributed by atoms with Crippen LogP contribution in [0.2, 0.25) is 0 Å². The van der Waals surface area contributed by atoms with E-state index in [1.54, 1.807) is 24.3 Å². The van der Waals surface area contributed by atoms with Gasteiger partial charge < -0.3 is 10.1 Å². The van der Waals surface area contributed by atoms with E-state index in [4.69, 9.17) is 4.74 Å². The van der Waals surface area contributed by atoms with Gasteiger partial charge in [-0.1, -0.05) is 53.4 Å². The van der Waals surface area contributed by atoms with E-state index >= 15 is 0 Å². The molecule has 0 saturated carbocycles. The largest absolute Gasteiger partial charge is 0.494 e. The van der Waals surface area contributed by atoms with E-state index in [0.29, 0.717) is 33.9 Å². The third kappa shape index (κ3) is 6.58. The fraction of sp³-hybridized carbons (Fsp3) is 0.200. The second kappa shape index (κ2) is 10.6. The lowest BCUT2D eigenvalue weighted by atomic mass is 10.2. The normalized spacial score (nSPS) is 10.4. The molecule has 7 nitrogen and oxygen atoms in total. The van der Waals surface area contributed by atoms with Gasteiger partial charge in [0.2, 0.25) is 11.0 Å². The SMILES string of the molecule is CCOc1ccc(C(=O)Nc2nnc(SCC(=O)NCc3ccccc3)s2)cc1. The molecule has 0 bridgehead atoms. The Bertz CT molecular complexity index is 946. The zero-order valence-corrected chi connectivity index (χ0v) is 17.4. The molecule has 0 aliphatic carbocycles. The van der Waals surface area contributed by atoms with Crippen LogP contribution in [0.1, 0.15) is 22.8 Å². The molecule has 3 rings (SSSR count). The van der Waals surface area contributed by atoms with Crippen molar-refractivity contribution in [2.45, 2.75) is 17.8 Å². The van der Waals surface area contributed by atoms with Crippen molar-refractivity contribution in [3.05, 3.63) is 65.7 Å². The average molecular weight is 429 g/mol. The van der Waals surface area contributed by atoms with E-state index in [-0.39, 0.29) is 17.6 Å². The highest BCUT2D eigenvalue weighted by molar-refractivity contribution is 8.01. The summed E-state index contributed by atoms with van der Waals surface area (Å²) in [5.41, 5.74) is 1.54. The van der Waals surface area contributed by atoms with Gasteiger partial charge >= 0.3 is 0 Å². The van der Waals surface area contributed by atoms with Gasteiger partial charge in [-0.05, 0) is 36.8 Å². The Morgan fingerprint density at radius 1 is 1.07 bits per heavy atom. The summed E-state index contributed by atoms with van der Waals surface area (Å²) in [6, 6.07) is 16.6. The summed E-state index contributed by atoms with van der Waals surface area (Å²) in [5.74, 6) is 0.577. The molecule has 0 atom stereocenters. The Morgan fingerprint density at radius 2 is 1.83 bits per heavy atom. The fourth-order valence-electron chi connectivity index (χ4n) is 2.33. The van der Waals surface area contributed by atoms with Crippen LogP contribution in [0.25, 0.3) is 0 Å². The highest BCUT2D eigenvalue weighted by Gasteiger charge is 2.12. The first-order valence-corrected chi connectivity index (χ1v) is 10.8. The van der Waals surface area contributed by atoms with Crippen LogP contribution in [0, 0.1) is 0 Å². The van der Waals surface area contributed by atoms with Gasteiger partial charge in [-0.2, -0.15) is 0 Å². The zero-order chi connectivity index (χ0) is 20.5. The average Bonchev–Trinajstić information content (AvgIpc) is 3.19. The highest BCUT2D eigenvalue weighted by atomic mass is 32.2. The van der Waals surface area contributed by atoms with Crippen LogP contribution in [0.4, 0.5) is 5.13 Å². The molecule has 2 N–H and O–H groups in total. The van der Waals surface area contributed by atoms with E-state index < -0.39 is 0 Å². The molecule has 2 amide bonds. The number of nitrogens with one attached hydrogen (secondary N) is 2. The molecule has 0 spiro atoms. The first-order chi connectivity index (χ1) is 14.1. The quantitative estimate of drug-likeness (QED) is 0.400. The minimum Gasteiger partial charge on any atom is -0.494 e. The van der Waals surface area contributed by atoms with Crippen molar-refractivity contribution in [1.29, 1.82) is 0 Å². The standard InChI is InChI=1S/C20H20N4O3S2/c1-2-27-16-10-8-15(9-11-16)18(26)22-19-23-24-20(29-19)28-13-17(25)21-12-14-6-4-3-5-7-14/h3-11H,2,12-13H2,1H3,(H,21,25)(H,22,23,26). The number of hydrogen-bond donors (Lipinski definition) is 2. The molecule has 0 saturated heterocycles. The lowest BCUT2D eigenvalue weighted by Crippen LogP contribution is -2.24. The number of anilines is 1. The minimum absolute atomic E-state index is 0.0889. The molecule has 1 heterocycles. The van der Waals surface area contributed by atoms with Gasteiger partial charge in [0.1, 0.15) is 5.75 Å². The summed E-state index contributed by atoms with van der Waals surface area (Å²) in [6.45, 7) is 2.96. The smallest absolute Gasteiger partial charge is 0.257 e.